The van der Waals surface area contributed by atoms with Crippen LogP contribution in [-0.4, -0.2) is 67.3 Å². The highest BCUT2D eigenvalue weighted by molar-refractivity contribution is 5.74. The molecule has 0 aromatic rings. The number of amides is 2. The number of ether oxygens (including phenoxy) is 1. The summed E-state index contributed by atoms with van der Waals surface area (Å²) < 4.78 is 5.49. The third kappa shape index (κ3) is 2.93. The first-order valence-corrected chi connectivity index (χ1v) is 8.16. The van der Waals surface area contributed by atoms with E-state index < -0.39 is 0 Å². The zero-order valence-corrected chi connectivity index (χ0v) is 12.4. The first kappa shape index (κ1) is 14.1. The summed E-state index contributed by atoms with van der Waals surface area (Å²) in [6, 6.07) is 0.134. The number of carbonyl (C=O) groups is 1. The second kappa shape index (κ2) is 6.31. The molecule has 3 fully saturated rings. The van der Waals surface area contributed by atoms with Gasteiger partial charge >= 0.3 is 6.03 Å². The Morgan fingerprint density at radius 3 is 2.30 bits per heavy atom. The van der Waals surface area contributed by atoms with Gasteiger partial charge in [0.1, 0.15) is 0 Å². The van der Waals surface area contributed by atoms with Gasteiger partial charge in [0.2, 0.25) is 0 Å². The molecule has 5 heteroatoms. The van der Waals surface area contributed by atoms with E-state index in [4.69, 9.17) is 4.74 Å². The van der Waals surface area contributed by atoms with Gasteiger partial charge in [-0.25, -0.2) is 4.79 Å². The zero-order valence-electron chi connectivity index (χ0n) is 12.4. The Labute approximate surface area is 121 Å². The summed E-state index contributed by atoms with van der Waals surface area (Å²) in [6.45, 7) is 6.36. The van der Waals surface area contributed by atoms with Gasteiger partial charge in [-0.05, 0) is 19.3 Å². The van der Waals surface area contributed by atoms with Gasteiger partial charge in [0.15, 0.2) is 0 Å². The fourth-order valence-corrected chi connectivity index (χ4v) is 3.72. The molecule has 1 saturated carbocycles. The summed E-state index contributed by atoms with van der Waals surface area (Å²) >= 11 is 0. The van der Waals surface area contributed by atoms with Gasteiger partial charge in [0.05, 0.1) is 13.2 Å². The molecule has 0 spiro atoms. The van der Waals surface area contributed by atoms with Crippen molar-refractivity contribution in [2.45, 2.75) is 44.1 Å². The van der Waals surface area contributed by atoms with Crippen molar-refractivity contribution in [3.63, 3.8) is 0 Å². The standard InChI is InChI=1S/C15H27N3O2/c19-14(17-7-4-8-17)16-13-15(5-2-1-3-6-15)18-9-11-20-12-10-18/h1-13H2,(H,16,19). The number of rotatable bonds is 3. The number of hydrogen-bond acceptors (Lipinski definition) is 3. The quantitative estimate of drug-likeness (QED) is 0.851. The van der Waals surface area contributed by atoms with E-state index in [-0.39, 0.29) is 11.6 Å². The molecule has 1 N–H and O–H groups in total. The van der Waals surface area contributed by atoms with Crippen molar-refractivity contribution < 1.29 is 9.53 Å². The predicted molar refractivity (Wildman–Crippen MR) is 77.8 cm³/mol. The van der Waals surface area contributed by atoms with Crippen LogP contribution in [0.5, 0.6) is 0 Å². The largest absolute Gasteiger partial charge is 0.379 e. The molecule has 0 bridgehead atoms. The van der Waals surface area contributed by atoms with Crippen molar-refractivity contribution in [1.82, 2.24) is 15.1 Å². The number of carbonyl (C=O) groups excluding carboxylic acids is 1. The zero-order chi connectivity index (χ0) is 13.8. The number of likely N-dealkylation sites (tertiary alicyclic amines) is 1. The van der Waals surface area contributed by atoms with Crippen LogP contribution in [0, 0.1) is 0 Å². The molecule has 0 aromatic carbocycles. The normalized spacial score (nSPS) is 26.9. The van der Waals surface area contributed by atoms with E-state index in [9.17, 15) is 4.79 Å². The van der Waals surface area contributed by atoms with Crippen molar-refractivity contribution in [2.24, 2.45) is 0 Å². The minimum Gasteiger partial charge on any atom is -0.379 e. The fourth-order valence-electron chi connectivity index (χ4n) is 3.72. The molecule has 1 aliphatic carbocycles. The Morgan fingerprint density at radius 1 is 1.00 bits per heavy atom. The highest BCUT2D eigenvalue weighted by Gasteiger charge is 2.39. The van der Waals surface area contributed by atoms with E-state index in [0.29, 0.717) is 0 Å². The Balaban J connectivity index is 1.60. The summed E-state index contributed by atoms with van der Waals surface area (Å²) in [6.07, 6.45) is 7.50. The predicted octanol–water partition coefficient (Wildman–Crippen LogP) is 1.44. The van der Waals surface area contributed by atoms with E-state index in [1.54, 1.807) is 0 Å². The lowest BCUT2D eigenvalue weighted by molar-refractivity contribution is -0.0362. The van der Waals surface area contributed by atoms with Crippen molar-refractivity contribution in [3.05, 3.63) is 0 Å². The number of nitrogens with one attached hydrogen (secondary N) is 1. The maximum Gasteiger partial charge on any atom is 0.317 e. The summed E-state index contributed by atoms with van der Waals surface area (Å²) in [4.78, 5) is 16.6. The van der Waals surface area contributed by atoms with Crippen LogP contribution >= 0.6 is 0 Å². The van der Waals surface area contributed by atoms with Crippen LogP contribution in [0.1, 0.15) is 38.5 Å². The maximum atomic E-state index is 12.1. The second-order valence-corrected chi connectivity index (χ2v) is 6.38. The molecule has 2 aliphatic heterocycles. The molecular formula is C15H27N3O2. The molecule has 0 atom stereocenters. The molecule has 0 aromatic heterocycles. The average molecular weight is 281 g/mol. The second-order valence-electron chi connectivity index (χ2n) is 6.38. The van der Waals surface area contributed by atoms with Crippen LogP contribution < -0.4 is 5.32 Å². The minimum absolute atomic E-state index is 0.134. The lowest BCUT2D eigenvalue weighted by atomic mass is 9.80. The van der Waals surface area contributed by atoms with Gasteiger partial charge in [0.25, 0.3) is 0 Å². The molecular weight excluding hydrogens is 254 g/mol. The van der Waals surface area contributed by atoms with Gasteiger partial charge in [-0.2, -0.15) is 0 Å². The van der Waals surface area contributed by atoms with E-state index in [2.05, 4.69) is 10.2 Å². The summed E-state index contributed by atoms with van der Waals surface area (Å²) in [5.74, 6) is 0. The Bertz CT molecular complexity index is 332. The smallest absolute Gasteiger partial charge is 0.317 e. The lowest BCUT2D eigenvalue weighted by Crippen LogP contribution is -2.61. The van der Waals surface area contributed by atoms with Gasteiger partial charge in [-0.15, -0.1) is 0 Å². The SMILES string of the molecule is O=C(NCC1(N2CCOCC2)CCCCC1)N1CCC1. The van der Waals surface area contributed by atoms with E-state index in [0.717, 1.165) is 52.4 Å². The molecule has 114 valence electrons. The molecule has 3 aliphatic rings. The first-order valence-electron chi connectivity index (χ1n) is 8.16. The third-order valence-corrected chi connectivity index (χ3v) is 5.18. The Morgan fingerprint density at radius 2 is 1.70 bits per heavy atom. The lowest BCUT2D eigenvalue weighted by Gasteiger charge is -2.48. The summed E-state index contributed by atoms with van der Waals surface area (Å²) in [5, 5.41) is 3.20. The summed E-state index contributed by atoms with van der Waals surface area (Å²) in [7, 11) is 0. The van der Waals surface area contributed by atoms with Gasteiger partial charge in [-0.1, -0.05) is 19.3 Å². The first-order chi connectivity index (χ1) is 9.80. The van der Waals surface area contributed by atoms with E-state index >= 15 is 0 Å². The molecule has 2 heterocycles. The molecule has 3 rings (SSSR count). The van der Waals surface area contributed by atoms with Gasteiger partial charge in [-0.3, -0.25) is 4.90 Å². The number of morpholine rings is 1. The monoisotopic (exact) mass is 281 g/mol. The molecule has 5 nitrogen and oxygen atoms in total. The number of urea groups is 1. The summed E-state index contributed by atoms with van der Waals surface area (Å²) in [5.41, 5.74) is 0.183. The minimum atomic E-state index is 0.134. The number of nitrogens with zero attached hydrogens (tertiary/aromatic N) is 2. The topological polar surface area (TPSA) is 44.8 Å². The van der Waals surface area contributed by atoms with Crippen LogP contribution in [0.4, 0.5) is 4.79 Å². The highest BCUT2D eigenvalue weighted by atomic mass is 16.5. The molecule has 0 unspecified atom stereocenters. The Hall–Kier alpha value is -0.810. The van der Waals surface area contributed by atoms with Crippen LogP contribution in [0.15, 0.2) is 0 Å². The van der Waals surface area contributed by atoms with Crippen LogP contribution in [0.25, 0.3) is 0 Å². The van der Waals surface area contributed by atoms with E-state index in [1.807, 2.05) is 4.90 Å². The fraction of sp³-hybridized carbons (Fsp3) is 0.933. The maximum absolute atomic E-state index is 12.1. The van der Waals surface area contributed by atoms with Crippen molar-refractivity contribution in [3.8, 4) is 0 Å². The number of hydrogen-bond donors (Lipinski definition) is 1. The molecule has 0 radical (unpaired) electrons. The third-order valence-electron chi connectivity index (χ3n) is 5.18. The van der Waals surface area contributed by atoms with E-state index in [1.165, 1.54) is 32.1 Å². The van der Waals surface area contributed by atoms with Gasteiger partial charge < -0.3 is 15.0 Å². The molecule has 2 saturated heterocycles. The van der Waals surface area contributed by atoms with Crippen molar-refractivity contribution in [2.75, 3.05) is 45.9 Å². The van der Waals surface area contributed by atoms with Crippen LogP contribution in [0.2, 0.25) is 0 Å². The molecule has 2 amide bonds. The van der Waals surface area contributed by atoms with Crippen LogP contribution in [0.3, 0.4) is 0 Å². The molecule has 20 heavy (non-hydrogen) atoms. The average Bonchev–Trinajstić information content (AvgIpc) is 2.45. The Kier molecular flexibility index (Phi) is 4.46. The van der Waals surface area contributed by atoms with Crippen molar-refractivity contribution in [1.29, 1.82) is 0 Å². The van der Waals surface area contributed by atoms with Gasteiger partial charge in [0, 0.05) is 38.3 Å². The van der Waals surface area contributed by atoms with Crippen molar-refractivity contribution >= 4 is 6.03 Å². The van der Waals surface area contributed by atoms with Crippen LogP contribution in [-0.2, 0) is 4.74 Å². The highest BCUT2D eigenvalue weighted by Crippen LogP contribution is 2.33.